The Morgan fingerprint density at radius 2 is 0.906 bits per heavy atom. The Morgan fingerprint density at radius 1 is 0.625 bits per heavy atom. The van der Waals surface area contributed by atoms with Crippen LogP contribution in [0.5, 0.6) is 0 Å². The Hall–Kier alpha value is -0.480. The Bertz CT molecular complexity index is 1060. The first-order valence-corrected chi connectivity index (χ1v) is 13.4. The number of allylic oxidation sites excluding steroid dienone is 2. The molecule has 2 nitrogen and oxygen atoms in total. The zero-order valence-corrected chi connectivity index (χ0v) is 22.8. The van der Waals surface area contributed by atoms with Crippen molar-refractivity contribution in [3.05, 3.63) is 94.4 Å². The molecule has 0 saturated heterocycles. The molecule has 10 heteroatoms. The summed E-state index contributed by atoms with van der Waals surface area (Å²) in [5.74, 6) is 0. The highest BCUT2D eigenvalue weighted by atomic mass is 35.6. The second-order valence-corrected chi connectivity index (χ2v) is 15.3. The van der Waals surface area contributed by atoms with Crippen molar-refractivity contribution in [2.45, 2.75) is 20.1 Å². The third kappa shape index (κ3) is 7.79. The van der Waals surface area contributed by atoms with Crippen LogP contribution < -0.4 is 0 Å². The molecule has 0 fully saturated rings. The predicted octanol–water partition coefficient (Wildman–Crippen LogP) is 8.31. The SMILES string of the molecule is CC(=C=C(c1ccccc1)S(=O)C(Cl)(Cl)Cl)C(C)=C=C(c1ccccc1)S(=O)C(Cl)(Cl)Cl. The van der Waals surface area contributed by atoms with Crippen LogP contribution in [0.15, 0.2) is 83.3 Å². The van der Waals surface area contributed by atoms with Gasteiger partial charge in [-0.25, -0.2) is 8.42 Å². The maximum absolute atomic E-state index is 12.9. The maximum atomic E-state index is 12.9. The summed E-state index contributed by atoms with van der Waals surface area (Å²) in [7, 11) is -4.05. The fraction of sp³-hybridized carbons (Fsp3) is 0.182. The van der Waals surface area contributed by atoms with Gasteiger partial charge in [-0.2, -0.15) is 0 Å². The third-order valence-electron chi connectivity index (χ3n) is 4.03. The molecule has 2 aromatic rings. The zero-order valence-electron chi connectivity index (χ0n) is 16.7. The van der Waals surface area contributed by atoms with Crippen LogP contribution >= 0.6 is 69.6 Å². The summed E-state index contributed by atoms with van der Waals surface area (Å²) in [5, 5.41) is 0. The van der Waals surface area contributed by atoms with Crippen LogP contribution in [0.1, 0.15) is 25.0 Å². The molecule has 0 amide bonds. The lowest BCUT2D eigenvalue weighted by Crippen LogP contribution is -2.13. The number of hydrogen-bond acceptors (Lipinski definition) is 2. The first kappa shape index (κ1) is 27.8. The number of hydrogen-bond donors (Lipinski definition) is 0. The topological polar surface area (TPSA) is 34.1 Å². The van der Waals surface area contributed by atoms with E-state index in [1.54, 1.807) is 62.4 Å². The Morgan fingerprint density at radius 3 is 1.16 bits per heavy atom. The number of benzene rings is 2. The van der Waals surface area contributed by atoms with E-state index in [1.165, 1.54) is 0 Å². The molecule has 0 heterocycles. The molecule has 2 atom stereocenters. The van der Waals surface area contributed by atoms with Gasteiger partial charge in [0.15, 0.2) is 0 Å². The van der Waals surface area contributed by atoms with Crippen LogP contribution in [0.4, 0.5) is 0 Å². The predicted molar refractivity (Wildman–Crippen MR) is 142 cm³/mol. The fourth-order valence-corrected chi connectivity index (χ4v) is 5.43. The third-order valence-corrected chi connectivity index (χ3v) is 8.81. The lowest BCUT2D eigenvalue weighted by Gasteiger charge is -2.13. The second kappa shape index (κ2) is 11.8. The van der Waals surface area contributed by atoms with E-state index in [-0.39, 0.29) is 9.81 Å². The second-order valence-electron chi connectivity index (χ2n) is 6.32. The molecule has 0 aliphatic rings. The van der Waals surface area contributed by atoms with Crippen LogP contribution in [-0.2, 0) is 21.6 Å². The van der Waals surface area contributed by atoms with E-state index in [1.807, 2.05) is 12.1 Å². The summed E-state index contributed by atoms with van der Waals surface area (Å²) >= 11 is 35.4. The van der Waals surface area contributed by atoms with E-state index >= 15 is 0 Å². The smallest absolute Gasteiger partial charge is 0.249 e. The van der Waals surface area contributed by atoms with Crippen LogP contribution in [0.3, 0.4) is 0 Å². The van der Waals surface area contributed by atoms with Crippen molar-refractivity contribution in [3.63, 3.8) is 0 Å². The molecule has 0 spiro atoms. The highest BCUT2D eigenvalue weighted by Crippen LogP contribution is 2.38. The van der Waals surface area contributed by atoms with Crippen molar-refractivity contribution >= 4 is 101 Å². The standard InChI is InChI=1S/C22H16Cl6O2S2/c1-15(13-19(31(29)21(23,24)25)17-9-5-3-6-10-17)16(2)14-20(32(30)22(26,27)28)18-11-7-4-8-12-18/h3-12H,1-2H3. The molecule has 0 bridgehead atoms. The van der Waals surface area contributed by atoms with Gasteiger partial charge in [-0.05, 0) is 25.0 Å². The molecule has 2 rings (SSSR count). The van der Waals surface area contributed by atoms with Crippen LogP contribution in [0.2, 0.25) is 0 Å². The van der Waals surface area contributed by atoms with Gasteiger partial charge in [-0.1, -0.05) is 142 Å². The molecular weight excluding hydrogens is 573 g/mol. The van der Waals surface area contributed by atoms with Crippen molar-refractivity contribution in [2.75, 3.05) is 0 Å². The first-order chi connectivity index (χ1) is 14.8. The van der Waals surface area contributed by atoms with Gasteiger partial charge < -0.3 is 0 Å². The van der Waals surface area contributed by atoms with Crippen LogP contribution in [0, 0.1) is 0 Å². The van der Waals surface area contributed by atoms with Gasteiger partial charge in [-0.15, -0.1) is 0 Å². The van der Waals surface area contributed by atoms with E-state index in [2.05, 4.69) is 11.5 Å². The van der Waals surface area contributed by atoms with Gasteiger partial charge in [0.1, 0.15) is 21.6 Å². The molecule has 2 aromatic carbocycles. The quantitative estimate of drug-likeness (QED) is 0.200. The van der Waals surface area contributed by atoms with Gasteiger partial charge in [0.05, 0.1) is 9.81 Å². The van der Waals surface area contributed by atoms with Crippen LogP contribution in [-0.4, -0.2) is 14.7 Å². The summed E-state index contributed by atoms with van der Waals surface area (Å²) in [4.78, 5) is 0.376. The van der Waals surface area contributed by atoms with E-state index < -0.39 is 27.8 Å². The molecule has 0 N–H and O–H groups in total. The van der Waals surface area contributed by atoms with E-state index in [0.29, 0.717) is 22.3 Å². The lowest BCUT2D eigenvalue weighted by atomic mass is 10.1. The number of rotatable bonds is 5. The monoisotopic (exact) mass is 586 g/mol. The van der Waals surface area contributed by atoms with Crippen molar-refractivity contribution in [1.82, 2.24) is 0 Å². The number of alkyl halides is 6. The first-order valence-electron chi connectivity index (χ1n) is 8.86. The van der Waals surface area contributed by atoms with Crippen molar-refractivity contribution in [1.29, 1.82) is 0 Å². The van der Waals surface area contributed by atoms with Crippen molar-refractivity contribution < 1.29 is 8.42 Å². The summed E-state index contributed by atoms with van der Waals surface area (Å²) in [6, 6.07) is 17.6. The molecule has 0 aromatic heterocycles. The fourth-order valence-electron chi connectivity index (χ4n) is 2.39. The minimum Gasteiger partial charge on any atom is -0.249 e. The van der Waals surface area contributed by atoms with Gasteiger partial charge >= 0.3 is 0 Å². The summed E-state index contributed by atoms with van der Waals surface area (Å²) in [6.45, 7) is 3.42. The largest absolute Gasteiger partial charge is 0.271 e. The summed E-state index contributed by atoms with van der Waals surface area (Å²) in [6.07, 6.45) is 0. The minimum absolute atomic E-state index is 0.188. The zero-order chi connectivity index (χ0) is 24.1. The van der Waals surface area contributed by atoms with Crippen LogP contribution in [0.25, 0.3) is 9.81 Å². The average molecular weight is 589 g/mol. The molecule has 2 unspecified atom stereocenters. The van der Waals surface area contributed by atoms with E-state index in [9.17, 15) is 8.42 Å². The average Bonchev–Trinajstić information content (AvgIpc) is 2.74. The van der Waals surface area contributed by atoms with Gasteiger partial charge in [0.2, 0.25) is 0 Å². The summed E-state index contributed by atoms with van der Waals surface area (Å²) in [5.41, 5.74) is 8.26. The minimum atomic E-state index is -2.06. The molecule has 32 heavy (non-hydrogen) atoms. The van der Waals surface area contributed by atoms with Gasteiger partial charge in [-0.3, -0.25) is 0 Å². The van der Waals surface area contributed by atoms with E-state index in [0.717, 1.165) is 0 Å². The summed E-state index contributed by atoms with van der Waals surface area (Å²) < 4.78 is 21.6. The maximum Gasteiger partial charge on any atom is 0.271 e. The number of halogens is 6. The van der Waals surface area contributed by atoms with Crippen molar-refractivity contribution in [3.8, 4) is 0 Å². The van der Waals surface area contributed by atoms with Gasteiger partial charge in [0, 0.05) is 11.1 Å². The molecular formula is C22H16Cl6O2S2. The molecule has 0 aliphatic heterocycles. The molecule has 0 radical (unpaired) electrons. The molecule has 0 aliphatic carbocycles. The lowest BCUT2D eigenvalue weighted by molar-refractivity contribution is 0.688. The Kier molecular flexibility index (Phi) is 10.2. The van der Waals surface area contributed by atoms with Crippen molar-refractivity contribution in [2.24, 2.45) is 0 Å². The Labute approximate surface area is 222 Å². The highest BCUT2D eigenvalue weighted by Gasteiger charge is 2.33. The van der Waals surface area contributed by atoms with E-state index in [4.69, 9.17) is 69.6 Å². The Balaban J connectivity index is 2.82. The van der Waals surface area contributed by atoms with Gasteiger partial charge in [0.25, 0.3) is 6.25 Å². The normalized spacial score (nSPS) is 13.4. The highest BCUT2D eigenvalue weighted by molar-refractivity contribution is 8.00. The molecule has 0 saturated carbocycles. The molecule has 170 valence electrons.